The van der Waals surface area contributed by atoms with Crippen LogP contribution in [0.4, 0.5) is 5.95 Å². The number of H-pyrrole nitrogens is 1. The summed E-state index contributed by atoms with van der Waals surface area (Å²) in [5.41, 5.74) is -0.547. The lowest BCUT2D eigenvalue weighted by Gasteiger charge is -2.33. The monoisotopic (exact) mass is 448 g/mol. The lowest BCUT2D eigenvalue weighted by atomic mass is 10.3. The summed E-state index contributed by atoms with van der Waals surface area (Å²) < 4.78 is 8.63. The van der Waals surface area contributed by atoms with Crippen molar-refractivity contribution < 1.29 is 9.84 Å². The molecule has 2 aromatic heterocycles. The molecule has 1 unspecified atom stereocenters. The van der Waals surface area contributed by atoms with Gasteiger partial charge in [0.05, 0.1) is 11.6 Å². The normalized spacial score (nSPS) is 16.1. The molecular formula is C20H25ClN6O4. The lowest BCUT2D eigenvalue weighted by Crippen LogP contribution is -2.45. The second-order valence-electron chi connectivity index (χ2n) is 7.70. The van der Waals surface area contributed by atoms with Crippen molar-refractivity contribution >= 4 is 28.7 Å². The number of anilines is 1. The highest BCUT2D eigenvalue weighted by Gasteiger charge is 2.25. The van der Waals surface area contributed by atoms with Gasteiger partial charge in [0.25, 0.3) is 5.56 Å². The van der Waals surface area contributed by atoms with Crippen LogP contribution in [-0.2, 0) is 13.6 Å². The Morgan fingerprint density at radius 1 is 1.19 bits per heavy atom. The van der Waals surface area contributed by atoms with Crippen molar-refractivity contribution in [2.24, 2.45) is 7.05 Å². The maximum atomic E-state index is 12.6. The molecule has 1 aliphatic rings. The molecule has 2 N–H and O–H groups in total. The average Bonchev–Trinajstić information content (AvgIpc) is 3.12. The van der Waals surface area contributed by atoms with Crippen molar-refractivity contribution in [1.82, 2.24) is 24.0 Å². The van der Waals surface area contributed by atoms with Crippen molar-refractivity contribution in [1.29, 1.82) is 0 Å². The van der Waals surface area contributed by atoms with E-state index in [0.717, 1.165) is 26.2 Å². The molecular weight excluding hydrogens is 424 g/mol. The number of aromatic nitrogens is 4. The van der Waals surface area contributed by atoms with Crippen LogP contribution in [0.25, 0.3) is 11.2 Å². The van der Waals surface area contributed by atoms with Gasteiger partial charge < -0.3 is 24.2 Å². The topological polar surface area (TPSA) is 109 Å². The van der Waals surface area contributed by atoms with Gasteiger partial charge >= 0.3 is 5.69 Å². The van der Waals surface area contributed by atoms with Crippen LogP contribution in [0.2, 0.25) is 5.02 Å². The maximum absolute atomic E-state index is 12.6. The summed E-state index contributed by atoms with van der Waals surface area (Å²) in [4.78, 5) is 35.9. The maximum Gasteiger partial charge on any atom is 0.329 e. The molecule has 0 amide bonds. The molecule has 1 aromatic carbocycles. The van der Waals surface area contributed by atoms with Crippen LogP contribution in [0.1, 0.15) is 0 Å². The van der Waals surface area contributed by atoms with E-state index < -0.39 is 17.4 Å². The van der Waals surface area contributed by atoms with Gasteiger partial charge in [0.2, 0.25) is 5.95 Å². The second kappa shape index (κ2) is 8.74. The highest BCUT2D eigenvalue weighted by atomic mass is 35.5. The molecule has 3 aromatic rings. The van der Waals surface area contributed by atoms with Gasteiger partial charge in [-0.05, 0) is 19.2 Å². The summed E-state index contributed by atoms with van der Waals surface area (Å²) in [5, 5.41) is 11.1. The highest BCUT2D eigenvalue weighted by molar-refractivity contribution is 6.32. The van der Waals surface area contributed by atoms with Crippen molar-refractivity contribution in [3.63, 3.8) is 0 Å². The Morgan fingerprint density at radius 3 is 2.61 bits per heavy atom. The molecule has 4 rings (SSSR count). The number of aliphatic hydroxyl groups excluding tert-OH is 1. The number of imidazole rings is 1. The zero-order valence-corrected chi connectivity index (χ0v) is 18.2. The minimum absolute atomic E-state index is 0.0186. The zero-order chi connectivity index (χ0) is 22.1. The van der Waals surface area contributed by atoms with Crippen LogP contribution in [0.3, 0.4) is 0 Å². The first-order chi connectivity index (χ1) is 14.8. The molecule has 166 valence electrons. The number of aliphatic hydroxyl groups is 1. The number of likely N-dealkylation sites (N-methyl/N-ethyl adjacent to an activating group) is 1. The summed E-state index contributed by atoms with van der Waals surface area (Å²) in [6.45, 7) is 3.18. The molecule has 0 saturated carbocycles. The van der Waals surface area contributed by atoms with E-state index in [1.807, 2.05) is 7.05 Å². The first kappa shape index (κ1) is 21.4. The average molecular weight is 449 g/mol. The molecule has 0 spiro atoms. The van der Waals surface area contributed by atoms with Gasteiger partial charge in [0.15, 0.2) is 11.2 Å². The molecule has 3 heterocycles. The zero-order valence-electron chi connectivity index (χ0n) is 17.4. The summed E-state index contributed by atoms with van der Waals surface area (Å²) in [6.07, 6.45) is -0.934. The van der Waals surface area contributed by atoms with Crippen LogP contribution in [0.15, 0.2) is 33.9 Å². The van der Waals surface area contributed by atoms with E-state index in [-0.39, 0.29) is 24.3 Å². The minimum Gasteiger partial charge on any atom is -0.489 e. The number of fused-ring (bicyclic) bond motifs is 1. The molecule has 31 heavy (non-hydrogen) atoms. The summed E-state index contributed by atoms with van der Waals surface area (Å²) in [7, 11) is 3.60. The van der Waals surface area contributed by atoms with E-state index in [9.17, 15) is 14.7 Å². The molecule has 0 radical (unpaired) electrons. The molecule has 0 bridgehead atoms. The predicted octanol–water partition coefficient (Wildman–Crippen LogP) is 0.268. The number of halogens is 1. The van der Waals surface area contributed by atoms with Crippen LogP contribution < -0.4 is 20.9 Å². The van der Waals surface area contributed by atoms with E-state index in [4.69, 9.17) is 16.3 Å². The van der Waals surface area contributed by atoms with Crippen LogP contribution >= 0.6 is 11.6 Å². The predicted molar refractivity (Wildman–Crippen MR) is 118 cm³/mol. The number of rotatable bonds is 6. The molecule has 1 saturated heterocycles. The summed E-state index contributed by atoms with van der Waals surface area (Å²) in [5.74, 6) is 1.02. The Morgan fingerprint density at radius 2 is 1.90 bits per heavy atom. The lowest BCUT2D eigenvalue weighted by molar-refractivity contribution is 0.0936. The third-order valence-corrected chi connectivity index (χ3v) is 5.75. The van der Waals surface area contributed by atoms with E-state index in [2.05, 4.69) is 19.8 Å². The fourth-order valence-electron chi connectivity index (χ4n) is 3.66. The van der Waals surface area contributed by atoms with E-state index in [0.29, 0.717) is 16.7 Å². The SMILES string of the molecule is CN1CCN(c2nc3c(c(=O)[nH]c(=O)n3C)n2CC(O)COc2ccccc2Cl)CC1. The number of aromatic amines is 1. The van der Waals surface area contributed by atoms with E-state index in [1.54, 1.807) is 35.9 Å². The fraction of sp³-hybridized carbons (Fsp3) is 0.450. The van der Waals surface area contributed by atoms with Crippen molar-refractivity contribution in [3.8, 4) is 5.75 Å². The quantitative estimate of drug-likeness (QED) is 0.557. The smallest absolute Gasteiger partial charge is 0.329 e. The minimum atomic E-state index is -0.934. The third kappa shape index (κ3) is 4.32. The van der Waals surface area contributed by atoms with Crippen LogP contribution in [-0.4, -0.2) is 75.0 Å². The first-order valence-corrected chi connectivity index (χ1v) is 10.4. The largest absolute Gasteiger partial charge is 0.489 e. The fourth-order valence-corrected chi connectivity index (χ4v) is 3.85. The van der Waals surface area contributed by atoms with Gasteiger partial charge in [-0.15, -0.1) is 0 Å². The van der Waals surface area contributed by atoms with Gasteiger partial charge in [0, 0.05) is 33.2 Å². The molecule has 11 heteroatoms. The number of aryl methyl sites for hydroxylation is 1. The Bertz CT molecular complexity index is 1190. The van der Waals surface area contributed by atoms with Crippen molar-refractivity contribution in [3.05, 3.63) is 50.1 Å². The molecule has 0 aliphatic carbocycles. The molecule has 1 atom stereocenters. The number of hydrogen-bond donors (Lipinski definition) is 2. The molecule has 1 aliphatic heterocycles. The molecule has 1 fully saturated rings. The Balaban J connectivity index is 1.67. The van der Waals surface area contributed by atoms with Crippen LogP contribution in [0, 0.1) is 0 Å². The standard InChI is InChI=1S/C20H25ClN6O4/c1-24-7-9-26(10-8-24)19-22-17-16(18(29)23-20(30)25(17)2)27(19)11-13(28)12-31-15-6-4-3-5-14(15)21/h3-6,13,28H,7-12H2,1-2H3,(H,23,29,30). The number of benzene rings is 1. The van der Waals surface area contributed by atoms with Crippen molar-refractivity contribution in [2.75, 3.05) is 44.7 Å². The summed E-state index contributed by atoms with van der Waals surface area (Å²) >= 11 is 6.11. The number of para-hydroxylation sites is 1. The van der Waals surface area contributed by atoms with E-state index in [1.165, 1.54) is 4.57 Å². The van der Waals surface area contributed by atoms with Crippen LogP contribution in [0.5, 0.6) is 5.75 Å². The number of nitrogens with one attached hydrogen (secondary N) is 1. The second-order valence-corrected chi connectivity index (χ2v) is 8.11. The number of hydrogen-bond acceptors (Lipinski definition) is 7. The van der Waals surface area contributed by atoms with Gasteiger partial charge in [-0.25, -0.2) is 4.79 Å². The van der Waals surface area contributed by atoms with Gasteiger partial charge in [-0.3, -0.25) is 14.3 Å². The number of nitrogens with zero attached hydrogens (tertiary/aromatic N) is 5. The third-order valence-electron chi connectivity index (χ3n) is 5.43. The first-order valence-electron chi connectivity index (χ1n) is 10.0. The van der Waals surface area contributed by atoms with Gasteiger partial charge in [-0.2, -0.15) is 4.98 Å². The van der Waals surface area contributed by atoms with Crippen molar-refractivity contribution in [2.45, 2.75) is 12.6 Å². The Hall–Kier alpha value is -2.82. The van der Waals surface area contributed by atoms with Gasteiger partial charge in [0.1, 0.15) is 18.5 Å². The Kier molecular flexibility index (Phi) is 6.03. The van der Waals surface area contributed by atoms with E-state index >= 15 is 0 Å². The van der Waals surface area contributed by atoms with Gasteiger partial charge in [-0.1, -0.05) is 23.7 Å². The highest BCUT2D eigenvalue weighted by Crippen LogP contribution is 2.24. The number of piperazine rings is 1. The Labute approximate surface area is 183 Å². The molecule has 10 nitrogen and oxygen atoms in total. The summed E-state index contributed by atoms with van der Waals surface area (Å²) in [6, 6.07) is 7.01. The number of ether oxygens (including phenoxy) is 1.